The van der Waals surface area contributed by atoms with Crippen LogP contribution >= 0.6 is 11.6 Å². The highest BCUT2D eigenvalue weighted by atomic mass is 35.5. The van der Waals surface area contributed by atoms with Crippen LogP contribution in [0.5, 0.6) is 0 Å². The molecule has 0 amide bonds. The summed E-state index contributed by atoms with van der Waals surface area (Å²) in [5, 5.41) is 4.53. The molecule has 0 saturated carbocycles. The molecule has 0 bridgehead atoms. The zero-order valence-electron chi connectivity index (χ0n) is 19.0. The van der Waals surface area contributed by atoms with E-state index in [1.807, 2.05) is 66.7 Å². The highest BCUT2D eigenvalue weighted by Crippen LogP contribution is 2.41. The molecule has 7 rings (SSSR count). The molecule has 170 valence electrons. The first kappa shape index (κ1) is 20.8. The van der Waals surface area contributed by atoms with Gasteiger partial charge in [0.2, 0.25) is 5.28 Å². The van der Waals surface area contributed by atoms with E-state index in [0.29, 0.717) is 11.6 Å². The van der Waals surface area contributed by atoms with E-state index in [-0.39, 0.29) is 5.28 Å². The molecule has 36 heavy (non-hydrogen) atoms. The summed E-state index contributed by atoms with van der Waals surface area (Å²) in [5.41, 5.74) is 5.80. The van der Waals surface area contributed by atoms with Crippen molar-refractivity contribution in [2.45, 2.75) is 0 Å². The van der Waals surface area contributed by atoms with Crippen LogP contribution in [0.15, 0.2) is 114 Å². The number of benzene rings is 5. The molecule has 4 nitrogen and oxygen atoms in total. The third kappa shape index (κ3) is 3.35. The Kier molecular flexibility index (Phi) is 4.79. The minimum atomic E-state index is 0.168. The second kappa shape index (κ2) is 8.29. The second-order valence-corrected chi connectivity index (χ2v) is 8.94. The molecule has 0 unspecified atom stereocenters. The lowest BCUT2D eigenvalue weighted by atomic mass is 9.92. The molecule has 2 heterocycles. The number of rotatable bonds is 3. The van der Waals surface area contributed by atoms with Crippen LogP contribution in [0.25, 0.3) is 66.6 Å². The zero-order valence-corrected chi connectivity index (χ0v) is 19.8. The predicted molar refractivity (Wildman–Crippen MR) is 146 cm³/mol. The van der Waals surface area contributed by atoms with Crippen molar-refractivity contribution in [2.24, 2.45) is 0 Å². The standard InChI is InChI=1S/C31H18ClN3O/c32-31-34-29(19-9-2-1-3-10-19)33-30(35-31)24-18-17-22(20-11-4-5-12-21(20)24)23-14-8-16-27-28(23)25-13-6-7-15-26(25)36-27/h1-18H. The molecule has 0 aliphatic rings. The largest absolute Gasteiger partial charge is 0.456 e. The van der Waals surface area contributed by atoms with Crippen molar-refractivity contribution >= 4 is 44.3 Å². The number of aromatic nitrogens is 3. The van der Waals surface area contributed by atoms with Crippen molar-refractivity contribution in [3.05, 3.63) is 114 Å². The summed E-state index contributed by atoms with van der Waals surface area (Å²) < 4.78 is 6.15. The van der Waals surface area contributed by atoms with Crippen LogP contribution in [0.4, 0.5) is 0 Å². The van der Waals surface area contributed by atoms with Crippen LogP contribution in [-0.4, -0.2) is 15.0 Å². The summed E-state index contributed by atoms with van der Waals surface area (Å²) in [6.45, 7) is 0. The minimum Gasteiger partial charge on any atom is -0.456 e. The number of fused-ring (bicyclic) bond motifs is 4. The molecule has 5 heteroatoms. The molecule has 0 aliphatic heterocycles. The Morgan fingerprint density at radius 2 is 1.11 bits per heavy atom. The van der Waals surface area contributed by atoms with Crippen molar-refractivity contribution in [3.63, 3.8) is 0 Å². The third-order valence-corrected chi connectivity index (χ3v) is 6.67. The Morgan fingerprint density at radius 1 is 0.472 bits per heavy atom. The van der Waals surface area contributed by atoms with E-state index in [9.17, 15) is 0 Å². The van der Waals surface area contributed by atoms with E-state index >= 15 is 0 Å². The molecule has 7 aromatic rings. The first-order valence-corrected chi connectivity index (χ1v) is 12.0. The Balaban J connectivity index is 1.47. The first-order valence-electron chi connectivity index (χ1n) is 11.7. The van der Waals surface area contributed by atoms with Crippen LogP contribution < -0.4 is 0 Å². The fraction of sp³-hybridized carbons (Fsp3) is 0. The normalized spacial score (nSPS) is 11.5. The van der Waals surface area contributed by atoms with Crippen molar-refractivity contribution < 1.29 is 4.42 Å². The van der Waals surface area contributed by atoms with Gasteiger partial charge in [0.15, 0.2) is 11.6 Å². The van der Waals surface area contributed by atoms with E-state index in [0.717, 1.165) is 55.0 Å². The van der Waals surface area contributed by atoms with Crippen molar-refractivity contribution in [1.29, 1.82) is 0 Å². The highest BCUT2D eigenvalue weighted by Gasteiger charge is 2.17. The number of furan rings is 1. The number of nitrogens with zero attached hydrogens (tertiary/aromatic N) is 3. The monoisotopic (exact) mass is 483 g/mol. The smallest absolute Gasteiger partial charge is 0.226 e. The lowest BCUT2D eigenvalue weighted by Gasteiger charge is -2.13. The molecular weight excluding hydrogens is 466 g/mol. The summed E-state index contributed by atoms with van der Waals surface area (Å²) in [5.74, 6) is 1.09. The molecule has 0 atom stereocenters. The van der Waals surface area contributed by atoms with Gasteiger partial charge in [-0.25, -0.2) is 4.98 Å². The minimum absolute atomic E-state index is 0.168. The Bertz CT molecular complexity index is 1910. The lowest BCUT2D eigenvalue weighted by molar-refractivity contribution is 0.669. The van der Waals surface area contributed by atoms with Gasteiger partial charge in [0.25, 0.3) is 0 Å². The molecular formula is C31H18ClN3O. The van der Waals surface area contributed by atoms with Crippen molar-refractivity contribution in [1.82, 2.24) is 15.0 Å². The molecule has 0 N–H and O–H groups in total. The van der Waals surface area contributed by atoms with Crippen LogP contribution in [0.2, 0.25) is 5.28 Å². The second-order valence-electron chi connectivity index (χ2n) is 8.60. The topological polar surface area (TPSA) is 51.8 Å². The van der Waals surface area contributed by atoms with Crippen molar-refractivity contribution in [3.8, 4) is 33.9 Å². The zero-order chi connectivity index (χ0) is 24.1. The average molecular weight is 484 g/mol. The van der Waals surface area contributed by atoms with E-state index in [1.165, 1.54) is 0 Å². The van der Waals surface area contributed by atoms with Gasteiger partial charge in [-0.1, -0.05) is 91.0 Å². The Morgan fingerprint density at radius 3 is 1.94 bits per heavy atom. The van der Waals surface area contributed by atoms with Gasteiger partial charge in [0.05, 0.1) is 0 Å². The van der Waals surface area contributed by atoms with E-state index in [2.05, 4.69) is 52.4 Å². The van der Waals surface area contributed by atoms with Crippen LogP contribution in [-0.2, 0) is 0 Å². The molecule has 0 fully saturated rings. The van der Waals surface area contributed by atoms with Gasteiger partial charge in [-0.3, -0.25) is 0 Å². The predicted octanol–water partition coefficient (Wildman–Crippen LogP) is 8.58. The van der Waals surface area contributed by atoms with Gasteiger partial charge in [-0.15, -0.1) is 0 Å². The molecule has 0 aliphatic carbocycles. The molecule has 2 aromatic heterocycles. The van der Waals surface area contributed by atoms with Gasteiger partial charge in [-0.05, 0) is 51.7 Å². The van der Waals surface area contributed by atoms with Gasteiger partial charge >= 0.3 is 0 Å². The summed E-state index contributed by atoms with van der Waals surface area (Å²) in [7, 11) is 0. The SMILES string of the molecule is Clc1nc(-c2ccccc2)nc(-c2ccc(-c3cccc4oc5ccccc5c34)c3ccccc23)n1. The molecule has 5 aromatic carbocycles. The number of hydrogen-bond acceptors (Lipinski definition) is 4. The maximum absolute atomic E-state index is 6.36. The summed E-state index contributed by atoms with van der Waals surface area (Å²) in [6.07, 6.45) is 0. The Labute approximate surface area is 211 Å². The molecule has 0 spiro atoms. The lowest BCUT2D eigenvalue weighted by Crippen LogP contribution is -1.98. The van der Waals surface area contributed by atoms with Crippen LogP contribution in [0, 0.1) is 0 Å². The van der Waals surface area contributed by atoms with E-state index in [1.54, 1.807) is 0 Å². The fourth-order valence-corrected chi connectivity index (χ4v) is 5.07. The van der Waals surface area contributed by atoms with Gasteiger partial charge in [0.1, 0.15) is 11.2 Å². The number of para-hydroxylation sites is 1. The van der Waals surface area contributed by atoms with Crippen LogP contribution in [0.3, 0.4) is 0 Å². The maximum atomic E-state index is 6.36. The molecule has 0 radical (unpaired) electrons. The van der Waals surface area contributed by atoms with E-state index < -0.39 is 0 Å². The average Bonchev–Trinajstić information content (AvgIpc) is 3.32. The fourth-order valence-electron chi connectivity index (χ4n) is 4.91. The summed E-state index contributed by atoms with van der Waals surface area (Å²) >= 11 is 6.36. The van der Waals surface area contributed by atoms with Gasteiger partial charge in [0, 0.05) is 21.9 Å². The van der Waals surface area contributed by atoms with E-state index in [4.69, 9.17) is 21.0 Å². The van der Waals surface area contributed by atoms with Crippen molar-refractivity contribution in [2.75, 3.05) is 0 Å². The summed E-state index contributed by atoms with van der Waals surface area (Å²) in [6, 6.07) is 36.7. The molecule has 0 saturated heterocycles. The highest BCUT2D eigenvalue weighted by molar-refractivity contribution is 6.28. The van der Waals surface area contributed by atoms with Gasteiger partial charge in [-0.2, -0.15) is 9.97 Å². The van der Waals surface area contributed by atoms with Crippen LogP contribution in [0.1, 0.15) is 0 Å². The Hall–Kier alpha value is -4.54. The summed E-state index contributed by atoms with van der Waals surface area (Å²) in [4.78, 5) is 13.6. The third-order valence-electron chi connectivity index (χ3n) is 6.50. The first-order chi connectivity index (χ1) is 17.8. The number of halogens is 1. The number of hydrogen-bond donors (Lipinski definition) is 0. The van der Waals surface area contributed by atoms with Gasteiger partial charge < -0.3 is 4.42 Å². The maximum Gasteiger partial charge on any atom is 0.226 e. The quantitative estimate of drug-likeness (QED) is 0.252.